The third-order valence-corrected chi connectivity index (χ3v) is 3.48. The summed E-state index contributed by atoms with van der Waals surface area (Å²) >= 11 is 0. The van der Waals surface area contributed by atoms with Gasteiger partial charge in [-0.2, -0.15) is 0 Å². The van der Waals surface area contributed by atoms with Gasteiger partial charge in [-0.05, 0) is 30.4 Å². The molecule has 2 heteroatoms. The summed E-state index contributed by atoms with van der Waals surface area (Å²) in [6, 6.07) is 8.59. The van der Waals surface area contributed by atoms with Crippen molar-refractivity contribution < 1.29 is 0 Å². The number of nitrogens with one attached hydrogen (secondary N) is 1. The Kier molecular flexibility index (Phi) is 3.28. The highest BCUT2D eigenvalue weighted by Gasteiger charge is 2.32. The molecule has 0 fully saturated rings. The summed E-state index contributed by atoms with van der Waals surface area (Å²) in [6.45, 7) is 1.24. The molecular formula is C14H18N2. The summed E-state index contributed by atoms with van der Waals surface area (Å²) in [5.74, 6) is 2.63. The summed E-state index contributed by atoms with van der Waals surface area (Å²) in [5, 5.41) is 3.41. The quantitative estimate of drug-likeness (QED) is 0.739. The fourth-order valence-corrected chi connectivity index (χ4v) is 2.44. The molecule has 84 valence electrons. The molecular weight excluding hydrogens is 196 g/mol. The van der Waals surface area contributed by atoms with Gasteiger partial charge in [-0.25, -0.2) is 0 Å². The summed E-state index contributed by atoms with van der Waals surface area (Å²) < 4.78 is 0. The Labute approximate surface area is 97.2 Å². The Bertz CT molecular complexity index is 405. The van der Waals surface area contributed by atoms with E-state index < -0.39 is 0 Å². The predicted octanol–water partition coefficient (Wildman–Crippen LogP) is 1.10. The van der Waals surface area contributed by atoms with Gasteiger partial charge in [-0.1, -0.05) is 30.2 Å². The molecule has 1 atom stereocenters. The van der Waals surface area contributed by atoms with Crippen LogP contribution in [0.15, 0.2) is 24.3 Å². The van der Waals surface area contributed by atoms with Crippen molar-refractivity contribution in [2.45, 2.75) is 24.8 Å². The Morgan fingerprint density at radius 2 is 2.12 bits per heavy atom. The minimum Gasteiger partial charge on any atom is -0.329 e. The number of rotatable bonds is 3. The Morgan fingerprint density at radius 3 is 2.81 bits per heavy atom. The van der Waals surface area contributed by atoms with Crippen LogP contribution in [0.3, 0.4) is 0 Å². The Balaban J connectivity index is 2.19. The van der Waals surface area contributed by atoms with E-state index in [4.69, 9.17) is 12.2 Å². The van der Waals surface area contributed by atoms with E-state index >= 15 is 0 Å². The van der Waals surface area contributed by atoms with E-state index in [9.17, 15) is 0 Å². The Hall–Kier alpha value is -1.30. The van der Waals surface area contributed by atoms with Crippen LogP contribution in [-0.2, 0) is 12.8 Å². The molecule has 1 unspecified atom stereocenters. The standard InChI is InChI=1S/C14H18N2/c1-2-9-16-14(11-15)8-7-12-5-3-4-6-13(12)10-14/h1,3-6,16H,7-11,15H2. The minimum atomic E-state index is 0.000718. The maximum absolute atomic E-state index is 5.91. The number of benzene rings is 1. The van der Waals surface area contributed by atoms with Crippen molar-refractivity contribution in [3.05, 3.63) is 35.4 Å². The predicted molar refractivity (Wildman–Crippen MR) is 67.1 cm³/mol. The molecule has 0 amide bonds. The van der Waals surface area contributed by atoms with Gasteiger partial charge in [-0.15, -0.1) is 6.42 Å². The van der Waals surface area contributed by atoms with E-state index in [1.54, 1.807) is 0 Å². The van der Waals surface area contributed by atoms with Crippen LogP contribution in [0.5, 0.6) is 0 Å². The smallest absolute Gasteiger partial charge is 0.0578 e. The number of terminal acetylenes is 1. The van der Waals surface area contributed by atoms with Crippen molar-refractivity contribution >= 4 is 0 Å². The second-order valence-corrected chi connectivity index (χ2v) is 4.49. The average molecular weight is 214 g/mol. The van der Waals surface area contributed by atoms with Crippen LogP contribution in [0, 0.1) is 12.3 Å². The zero-order chi connectivity index (χ0) is 11.4. The van der Waals surface area contributed by atoms with Crippen LogP contribution in [0.4, 0.5) is 0 Å². The molecule has 1 aliphatic rings. The fourth-order valence-electron chi connectivity index (χ4n) is 2.44. The molecule has 0 spiro atoms. The monoisotopic (exact) mass is 214 g/mol. The van der Waals surface area contributed by atoms with Crippen LogP contribution >= 0.6 is 0 Å². The van der Waals surface area contributed by atoms with E-state index in [1.165, 1.54) is 11.1 Å². The lowest BCUT2D eigenvalue weighted by Crippen LogP contribution is -2.54. The van der Waals surface area contributed by atoms with E-state index in [-0.39, 0.29) is 5.54 Å². The number of hydrogen-bond donors (Lipinski definition) is 2. The van der Waals surface area contributed by atoms with Gasteiger partial charge in [0.25, 0.3) is 0 Å². The first-order valence-corrected chi connectivity index (χ1v) is 5.75. The third-order valence-electron chi connectivity index (χ3n) is 3.48. The van der Waals surface area contributed by atoms with Crippen LogP contribution < -0.4 is 11.1 Å². The van der Waals surface area contributed by atoms with Crippen LogP contribution in [0.1, 0.15) is 17.5 Å². The van der Waals surface area contributed by atoms with Gasteiger partial charge in [0, 0.05) is 12.1 Å². The van der Waals surface area contributed by atoms with Crippen molar-refractivity contribution in [2.24, 2.45) is 5.73 Å². The molecule has 0 saturated carbocycles. The molecule has 0 saturated heterocycles. The maximum Gasteiger partial charge on any atom is 0.0578 e. The summed E-state index contributed by atoms with van der Waals surface area (Å²) in [5.41, 5.74) is 8.76. The molecule has 2 nitrogen and oxygen atoms in total. The molecule has 2 rings (SSSR count). The van der Waals surface area contributed by atoms with E-state index in [1.807, 2.05) is 0 Å². The van der Waals surface area contributed by atoms with Crippen molar-refractivity contribution in [3.63, 3.8) is 0 Å². The van der Waals surface area contributed by atoms with E-state index in [0.717, 1.165) is 19.3 Å². The topological polar surface area (TPSA) is 38.0 Å². The van der Waals surface area contributed by atoms with Gasteiger partial charge < -0.3 is 5.73 Å². The molecule has 1 aromatic carbocycles. The highest BCUT2D eigenvalue weighted by Crippen LogP contribution is 2.27. The van der Waals surface area contributed by atoms with Crippen LogP contribution in [0.25, 0.3) is 0 Å². The molecule has 0 heterocycles. The molecule has 3 N–H and O–H groups in total. The van der Waals surface area contributed by atoms with Gasteiger partial charge in [0.05, 0.1) is 6.54 Å². The zero-order valence-corrected chi connectivity index (χ0v) is 9.50. The summed E-state index contributed by atoms with van der Waals surface area (Å²) in [6.07, 6.45) is 8.45. The Morgan fingerprint density at radius 1 is 1.38 bits per heavy atom. The zero-order valence-electron chi connectivity index (χ0n) is 9.50. The van der Waals surface area contributed by atoms with Gasteiger partial charge in [0.15, 0.2) is 0 Å². The molecule has 0 radical (unpaired) electrons. The number of fused-ring (bicyclic) bond motifs is 1. The molecule has 1 aliphatic carbocycles. The lowest BCUT2D eigenvalue weighted by molar-refractivity contribution is 0.307. The molecule has 0 aliphatic heterocycles. The van der Waals surface area contributed by atoms with Gasteiger partial charge >= 0.3 is 0 Å². The second kappa shape index (κ2) is 4.69. The van der Waals surface area contributed by atoms with Crippen LogP contribution in [-0.4, -0.2) is 18.6 Å². The average Bonchev–Trinajstić information content (AvgIpc) is 2.36. The van der Waals surface area contributed by atoms with Crippen LogP contribution in [0.2, 0.25) is 0 Å². The first-order valence-electron chi connectivity index (χ1n) is 5.75. The lowest BCUT2D eigenvalue weighted by atomic mass is 9.78. The van der Waals surface area contributed by atoms with Gasteiger partial charge in [-0.3, -0.25) is 5.32 Å². The maximum atomic E-state index is 5.91. The normalized spacial score (nSPS) is 23.5. The van der Waals surface area contributed by atoms with Gasteiger partial charge in [0.2, 0.25) is 0 Å². The first-order chi connectivity index (χ1) is 7.79. The number of hydrogen-bond acceptors (Lipinski definition) is 2. The minimum absolute atomic E-state index is 0.000718. The lowest BCUT2D eigenvalue weighted by Gasteiger charge is -2.38. The molecule has 0 aromatic heterocycles. The first kappa shape index (κ1) is 11.2. The summed E-state index contributed by atoms with van der Waals surface area (Å²) in [4.78, 5) is 0. The number of nitrogens with two attached hydrogens (primary N) is 1. The van der Waals surface area contributed by atoms with E-state index in [0.29, 0.717) is 13.1 Å². The van der Waals surface area contributed by atoms with Crippen molar-refractivity contribution in [2.75, 3.05) is 13.1 Å². The molecule has 0 bridgehead atoms. The SMILES string of the molecule is C#CCNC1(CN)CCc2ccccc2C1. The van der Waals surface area contributed by atoms with Gasteiger partial charge in [0.1, 0.15) is 0 Å². The largest absolute Gasteiger partial charge is 0.329 e. The number of aryl methyl sites for hydroxylation is 1. The molecule has 16 heavy (non-hydrogen) atoms. The van der Waals surface area contributed by atoms with Crippen molar-refractivity contribution in [3.8, 4) is 12.3 Å². The third kappa shape index (κ3) is 2.11. The van der Waals surface area contributed by atoms with E-state index in [2.05, 4.69) is 35.5 Å². The van der Waals surface area contributed by atoms with Crippen molar-refractivity contribution in [1.29, 1.82) is 0 Å². The van der Waals surface area contributed by atoms with Crippen molar-refractivity contribution in [1.82, 2.24) is 5.32 Å². The highest BCUT2D eigenvalue weighted by molar-refractivity contribution is 5.32. The highest BCUT2D eigenvalue weighted by atomic mass is 15.0. The summed E-state index contributed by atoms with van der Waals surface area (Å²) in [7, 11) is 0. The second-order valence-electron chi connectivity index (χ2n) is 4.49. The molecule has 1 aromatic rings. The fraction of sp³-hybridized carbons (Fsp3) is 0.429.